The van der Waals surface area contributed by atoms with Gasteiger partial charge in [-0.15, -0.1) is 0 Å². The van der Waals surface area contributed by atoms with Gasteiger partial charge in [0.2, 0.25) is 10.0 Å². The summed E-state index contributed by atoms with van der Waals surface area (Å²) in [5.74, 6) is 0. The molecule has 0 spiro atoms. The van der Waals surface area contributed by atoms with E-state index in [-0.39, 0.29) is 4.90 Å². The first-order valence-electron chi connectivity index (χ1n) is 7.11. The molecule has 5 nitrogen and oxygen atoms in total. The van der Waals surface area contributed by atoms with Crippen LogP contribution in [0.1, 0.15) is 19.8 Å². The van der Waals surface area contributed by atoms with Gasteiger partial charge in [0.15, 0.2) is 0 Å². The Balaban J connectivity index is 2.18. The molecule has 0 aromatic heterocycles. The number of anilines is 1. The summed E-state index contributed by atoms with van der Waals surface area (Å²) in [5.41, 5.74) is 6.21. The van der Waals surface area contributed by atoms with E-state index in [1.165, 1.54) is 4.31 Å². The summed E-state index contributed by atoms with van der Waals surface area (Å²) in [4.78, 5) is 2.60. The number of nitrogens with two attached hydrogens (primary N) is 1. The van der Waals surface area contributed by atoms with E-state index in [1.54, 1.807) is 25.2 Å². The van der Waals surface area contributed by atoms with Crippen molar-refractivity contribution in [1.29, 1.82) is 0 Å². The first kappa shape index (κ1) is 16.7. The molecule has 21 heavy (non-hydrogen) atoms. The number of likely N-dealkylation sites (N-methyl/N-ethyl adjacent to an activating group) is 2. The summed E-state index contributed by atoms with van der Waals surface area (Å²) in [6, 6.07) is 5.09. The zero-order valence-electron chi connectivity index (χ0n) is 12.4. The van der Waals surface area contributed by atoms with Crippen molar-refractivity contribution < 1.29 is 8.42 Å². The van der Waals surface area contributed by atoms with E-state index in [2.05, 4.69) is 27.8 Å². The minimum Gasteiger partial charge on any atom is -0.399 e. The molecule has 0 aliphatic carbocycles. The molecule has 1 aromatic rings. The van der Waals surface area contributed by atoms with E-state index in [0.29, 0.717) is 22.7 Å². The van der Waals surface area contributed by atoms with Crippen LogP contribution in [0.25, 0.3) is 0 Å². The maximum atomic E-state index is 12.7. The molecule has 2 rings (SSSR count). The molecule has 2 N–H and O–H groups in total. The molecular formula is C14H22BrN3O2S. The van der Waals surface area contributed by atoms with E-state index in [9.17, 15) is 8.42 Å². The van der Waals surface area contributed by atoms with Crippen LogP contribution in [0.5, 0.6) is 0 Å². The van der Waals surface area contributed by atoms with Crippen molar-refractivity contribution in [2.45, 2.75) is 30.7 Å². The van der Waals surface area contributed by atoms with Crippen molar-refractivity contribution in [3.05, 3.63) is 22.7 Å². The topological polar surface area (TPSA) is 66.6 Å². The van der Waals surface area contributed by atoms with Crippen LogP contribution in [0.4, 0.5) is 5.69 Å². The van der Waals surface area contributed by atoms with Crippen LogP contribution < -0.4 is 5.73 Å². The molecule has 1 aromatic carbocycles. The lowest BCUT2D eigenvalue weighted by atomic mass is 10.2. The number of hydrogen-bond acceptors (Lipinski definition) is 4. The van der Waals surface area contributed by atoms with Gasteiger partial charge >= 0.3 is 0 Å². The maximum absolute atomic E-state index is 12.7. The van der Waals surface area contributed by atoms with Crippen LogP contribution >= 0.6 is 15.9 Å². The number of halogens is 1. The normalized spacial score (nSPS) is 20.3. The fourth-order valence-corrected chi connectivity index (χ4v) is 5.07. The Labute approximate surface area is 135 Å². The molecule has 1 unspecified atom stereocenters. The lowest BCUT2D eigenvalue weighted by Gasteiger charge is -2.27. The summed E-state index contributed by atoms with van der Waals surface area (Å²) in [6.45, 7) is 4.65. The van der Waals surface area contributed by atoms with Crippen molar-refractivity contribution >= 4 is 31.6 Å². The Morgan fingerprint density at radius 1 is 1.48 bits per heavy atom. The predicted molar refractivity (Wildman–Crippen MR) is 88.6 cm³/mol. The lowest BCUT2D eigenvalue weighted by Crippen LogP contribution is -2.41. The number of benzene rings is 1. The summed E-state index contributed by atoms with van der Waals surface area (Å²) < 4.78 is 27.3. The summed E-state index contributed by atoms with van der Waals surface area (Å²) in [6.07, 6.45) is 2.19. The van der Waals surface area contributed by atoms with Gasteiger partial charge in [-0.05, 0) is 60.1 Å². The van der Waals surface area contributed by atoms with Gasteiger partial charge in [-0.2, -0.15) is 4.31 Å². The average Bonchev–Trinajstić information content (AvgIpc) is 2.85. The minimum atomic E-state index is -3.50. The van der Waals surface area contributed by atoms with Crippen LogP contribution in [0, 0.1) is 0 Å². The van der Waals surface area contributed by atoms with E-state index >= 15 is 0 Å². The van der Waals surface area contributed by atoms with Crippen molar-refractivity contribution in [2.24, 2.45) is 0 Å². The Morgan fingerprint density at radius 2 is 2.19 bits per heavy atom. The molecule has 0 radical (unpaired) electrons. The molecule has 0 saturated carbocycles. The van der Waals surface area contributed by atoms with Gasteiger partial charge in [0.1, 0.15) is 0 Å². The zero-order chi connectivity index (χ0) is 15.6. The second-order valence-electron chi connectivity index (χ2n) is 5.40. The third-order valence-corrected chi connectivity index (χ3v) is 6.82. The Morgan fingerprint density at radius 3 is 2.81 bits per heavy atom. The Kier molecular flexibility index (Phi) is 5.29. The number of sulfonamides is 1. The van der Waals surface area contributed by atoms with E-state index in [0.717, 1.165) is 25.9 Å². The molecule has 1 fully saturated rings. The molecule has 1 saturated heterocycles. The number of nitrogens with zero attached hydrogens (tertiary/aromatic N) is 2. The number of hydrogen-bond donors (Lipinski definition) is 1. The highest BCUT2D eigenvalue weighted by atomic mass is 79.9. The third kappa shape index (κ3) is 3.59. The first-order valence-corrected chi connectivity index (χ1v) is 9.35. The molecule has 1 atom stereocenters. The summed E-state index contributed by atoms with van der Waals surface area (Å²) in [5, 5.41) is 0. The SMILES string of the molecule is CCN1CCCC1CN(C)S(=O)(=O)c1ccc(N)cc1Br. The highest BCUT2D eigenvalue weighted by Crippen LogP contribution is 2.27. The highest BCUT2D eigenvalue weighted by Gasteiger charge is 2.30. The molecular weight excluding hydrogens is 354 g/mol. The second-order valence-corrected chi connectivity index (χ2v) is 8.27. The summed E-state index contributed by atoms with van der Waals surface area (Å²) >= 11 is 3.29. The molecule has 1 heterocycles. The zero-order valence-corrected chi connectivity index (χ0v) is 14.8. The van der Waals surface area contributed by atoms with Crippen molar-refractivity contribution in [3.8, 4) is 0 Å². The molecule has 118 valence electrons. The molecule has 0 bridgehead atoms. The second kappa shape index (κ2) is 6.64. The Hall–Kier alpha value is -0.630. The van der Waals surface area contributed by atoms with Gasteiger partial charge in [-0.1, -0.05) is 6.92 Å². The fraction of sp³-hybridized carbons (Fsp3) is 0.571. The maximum Gasteiger partial charge on any atom is 0.243 e. The number of rotatable bonds is 5. The number of nitrogen functional groups attached to an aromatic ring is 1. The lowest BCUT2D eigenvalue weighted by molar-refractivity contribution is 0.237. The monoisotopic (exact) mass is 375 g/mol. The van der Waals surface area contributed by atoms with Crippen LogP contribution in [-0.4, -0.2) is 50.3 Å². The molecule has 7 heteroatoms. The standard InChI is InChI=1S/C14H22BrN3O2S/c1-3-18-8-4-5-12(18)10-17(2)21(19,20)14-7-6-11(16)9-13(14)15/h6-7,9,12H,3-5,8,10,16H2,1-2H3. The fourth-order valence-electron chi connectivity index (χ4n) is 2.81. The third-order valence-electron chi connectivity index (χ3n) is 4.02. The molecule has 1 aliphatic heterocycles. The van der Waals surface area contributed by atoms with Gasteiger partial charge in [0.25, 0.3) is 0 Å². The van der Waals surface area contributed by atoms with E-state index in [1.807, 2.05) is 0 Å². The first-order chi connectivity index (χ1) is 9.86. The van der Waals surface area contributed by atoms with E-state index in [4.69, 9.17) is 5.73 Å². The average molecular weight is 376 g/mol. The van der Waals surface area contributed by atoms with Crippen molar-refractivity contribution in [3.63, 3.8) is 0 Å². The van der Waals surface area contributed by atoms with Crippen molar-refractivity contribution in [1.82, 2.24) is 9.21 Å². The van der Waals surface area contributed by atoms with E-state index < -0.39 is 10.0 Å². The van der Waals surface area contributed by atoms with Gasteiger partial charge in [0, 0.05) is 29.8 Å². The van der Waals surface area contributed by atoms with Crippen LogP contribution in [0.3, 0.4) is 0 Å². The molecule has 0 amide bonds. The predicted octanol–water partition coefficient (Wildman–Crippen LogP) is 2.14. The van der Waals surface area contributed by atoms with Crippen molar-refractivity contribution in [2.75, 3.05) is 32.4 Å². The van der Waals surface area contributed by atoms with Crippen LogP contribution in [0.2, 0.25) is 0 Å². The van der Waals surface area contributed by atoms with Gasteiger partial charge in [-0.3, -0.25) is 4.90 Å². The number of likely N-dealkylation sites (tertiary alicyclic amines) is 1. The van der Waals surface area contributed by atoms with Gasteiger partial charge < -0.3 is 5.73 Å². The molecule has 1 aliphatic rings. The Bertz CT molecular complexity index is 606. The van der Waals surface area contributed by atoms with Crippen LogP contribution in [-0.2, 0) is 10.0 Å². The minimum absolute atomic E-state index is 0.264. The highest BCUT2D eigenvalue weighted by molar-refractivity contribution is 9.10. The largest absolute Gasteiger partial charge is 0.399 e. The van der Waals surface area contributed by atoms with Crippen LogP contribution in [0.15, 0.2) is 27.6 Å². The smallest absolute Gasteiger partial charge is 0.243 e. The summed E-state index contributed by atoms with van der Waals surface area (Å²) in [7, 11) is -1.86. The van der Waals surface area contributed by atoms with Gasteiger partial charge in [0.05, 0.1) is 4.90 Å². The van der Waals surface area contributed by atoms with Gasteiger partial charge in [-0.25, -0.2) is 8.42 Å². The quantitative estimate of drug-likeness (QED) is 0.800.